The number of amides is 2. The van der Waals surface area contributed by atoms with E-state index in [-0.39, 0.29) is 17.5 Å². The van der Waals surface area contributed by atoms with Gasteiger partial charge in [0.2, 0.25) is 0 Å². The second-order valence-electron chi connectivity index (χ2n) is 8.03. The first-order valence-electron chi connectivity index (χ1n) is 11.3. The zero-order valence-electron chi connectivity index (χ0n) is 19.2. The zero-order chi connectivity index (χ0) is 23.4. The largest absolute Gasteiger partial charge is 0.494 e. The van der Waals surface area contributed by atoms with Crippen molar-refractivity contribution in [2.24, 2.45) is 0 Å². The first-order chi connectivity index (χ1) is 16.0. The molecule has 1 aliphatic heterocycles. The summed E-state index contributed by atoms with van der Waals surface area (Å²) in [5.74, 6) is 0.0257. The van der Waals surface area contributed by atoms with Crippen molar-refractivity contribution in [2.45, 2.75) is 33.6 Å². The van der Waals surface area contributed by atoms with Gasteiger partial charge in [0.1, 0.15) is 11.4 Å². The van der Waals surface area contributed by atoms with Crippen LogP contribution in [0.4, 0.5) is 11.4 Å². The van der Waals surface area contributed by atoms with Gasteiger partial charge >= 0.3 is 0 Å². The van der Waals surface area contributed by atoms with Crippen molar-refractivity contribution in [3.05, 3.63) is 95.2 Å². The van der Waals surface area contributed by atoms with Crippen molar-refractivity contribution >= 4 is 28.8 Å². The lowest BCUT2D eigenvalue weighted by atomic mass is 10.0. The van der Waals surface area contributed by atoms with Crippen molar-refractivity contribution in [2.75, 3.05) is 16.8 Å². The summed E-state index contributed by atoms with van der Waals surface area (Å²) in [6, 6.07) is 22.6. The minimum absolute atomic E-state index is 0.273. The van der Waals surface area contributed by atoms with Gasteiger partial charge in [-0.3, -0.25) is 9.59 Å². The van der Waals surface area contributed by atoms with E-state index >= 15 is 0 Å². The molecule has 0 saturated heterocycles. The number of anilines is 2. The van der Waals surface area contributed by atoms with Crippen LogP contribution in [0.1, 0.15) is 37.0 Å². The van der Waals surface area contributed by atoms with Gasteiger partial charge in [0, 0.05) is 5.69 Å². The minimum Gasteiger partial charge on any atom is -0.494 e. The van der Waals surface area contributed by atoms with Crippen LogP contribution in [-0.2, 0) is 16.0 Å². The van der Waals surface area contributed by atoms with Crippen molar-refractivity contribution < 1.29 is 14.3 Å². The SMILES string of the molecule is CCCOc1ccc(C2=C(Nc3ccc(CC)cc3)C(=O)N(c3ccccc3C)C2=O)cc1. The summed E-state index contributed by atoms with van der Waals surface area (Å²) in [6.45, 7) is 6.66. The van der Waals surface area contributed by atoms with E-state index in [1.54, 1.807) is 6.07 Å². The monoisotopic (exact) mass is 440 g/mol. The lowest BCUT2D eigenvalue weighted by Crippen LogP contribution is -2.33. The Kier molecular flexibility index (Phi) is 6.59. The fourth-order valence-corrected chi connectivity index (χ4v) is 3.85. The second-order valence-corrected chi connectivity index (χ2v) is 8.03. The van der Waals surface area contributed by atoms with Crippen LogP contribution in [0, 0.1) is 6.92 Å². The number of imide groups is 1. The lowest BCUT2D eigenvalue weighted by molar-refractivity contribution is -0.120. The van der Waals surface area contributed by atoms with E-state index in [0.717, 1.165) is 29.8 Å². The molecule has 4 rings (SSSR count). The number of aryl methyl sites for hydroxylation is 2. The Labute approximate surface area is 194 Å². The molecule has 3 aromatic carbocycles. The Morgan fingerprint density at radius 1 is 0.848 bits per heavy atom. The molecule has 0 unspecified atom stereocenters. The Balaban J connectivity index is 1.76. The van der Waals surface area contributed by atoms with Crippen molar-refractivity contribution in [1.29, 1.82) is 0 Å². The fraction of sp³-hybridized carbons (Fsp3) is 0.214. The molecule has 33 heavy (non-hydrogen) atoms. The van der Waals surface area contributed by atoms with E-state index < -0.39 is 0 Å². The normalized spacial score (nSPS) is 13.6. The maximum Gasteiger partial charge on any atom is 0.282 e. The first kappa shape index (κ1) is 22.3. The highest BCUT2D eigenvalue weighted by Gasteiger charge is 2.40. The van der Waals surface area contributed by atoms with Crippen LogP contribution in [0.2, 0.25) is 0 Å². The van der Waals surface area contributed by atoms with Gasteiger partial charge in [-0.25, -0.2) is 4.90 Å². The summed E-state index contributed by atoms with van der Waals surface area (Å²) >= 11 is 0. The summed E-state index contributed by atoms with van der Waals surface area (Å²) in [5, 5.41) is 3.23. The van der Waals surface area contributed by atoms with Gasteiger partial charge in [-0.05, 0) is 66.8 Å². The van der Waals surface area contributed by atoms with Crippen molar-refractivity contribution in [3.63, 3.8) is 0 Å². The Morgan fingerprint density at radius 2 is 1.55 bits per heavy atom. The molecule has 1 N–H and O–H groups in total. The summed E-state index contributed by atoms with van der Waals surface area (Å²) in [5.41, 5.74) is 4.70. The number of nitrogens with one attached hydrogen (secondary N) is 1. The van der Waals surface area contributed by atoms with Gasteiger partial charge in [-0.15, -0.1) is 0 Å². The zero-order valence-corrected chi connectivity index (χ0v) is 19.2. The van der Waals surface area contributed by atoms with Gasteiger partial charge in [-0.2, -0.15) is 0 Å². The Morgan fingerprint density at radius 3 is 2.18 bits per heavy atom. The molecular weight excluding hydrogens is 412 g/mol. The van der Waals surface area contributed by atoms with Crippen LogP contribution >= 0.6 is 0 Å². The van der Waals surface area contributed by atoms with Gasteiger partial charge < -0.3 is 10.1 Å². The number of carbonyl (C=O) groups excluding carboxylic acids is 2. The molecule has 0 bridgehead atoms. The van der Waals surface area contributed by atoms with E-state index in [0.29, 0.717) is 23.4 Å². The van der Waals surface area contributed by atoms with E-state index in [1.165, 1.54) is 10.5 Å². The molecule has 0 atom stereocenters. The quantitative estimate of drug-likeness (QED) is 0.454. The number of ether oxygens (including phenoxy) is 1. The molecule has 2 amide bonds. The predicted octanol–water partition coefficient (Wildman–Crippen LogP) is 5.74. The summed E-state index contributed by atoms with van der Waals surface area (Å²) in [7, 11) is 0. The Bertz CT molecular complexity index is 1190. The predicted molar refractivity (Wildman–Crippen MR) is 132 cm³/mol. The Hall–Kier alpha value is -3.86. The number of benzene rings is 3. The standard InChI is InChI=1S/C28H28N2O3/c1-4-18-33-23-16-12-21(13-17-23)25-26(29-22-14-10-20(5-2)11-15-22)28(32)30(27(25)31)24-9-7-6-8-19(24)3/h6-17,29H,4-5,18H2,1-3H3. The van der Waals surface area contributed by atoms with Gasteiger partial charge in [0.25, 0.3) is 11.8 Å². The number of rotatable bonds is 8. The fourth-order valence-electron chi connectivity index (χ4n) is 3.85. The van der Waals surface area contributed by atoms with Crippen molar-refractivity contribution in [1.82, 2.24) is 0 Å². The molecule has 0 aliphatic carbocycles. The smallest absolute Gasteiger partial charge is 0.282 e. The number of hydrogen-bond donors (Lipinski definition) is 1. The van der Waals surface area contributed by atoms with E-state index in [2.05, 4.69) is 12.2 Å². The van der Waals surface area contributed by atoms with Crippen LogP contribution in [0.15, 0.2) is 78.5 Å². The highest BCUT2D eigenvalue weighted by Crippen LogP contribution is 2.35. The van der Waals surface area contributed by atoms with Gasteiger partial charge in [-0.1, -0.05) is 56.3 Å². The third-order valence-corrected chi connectivity index (χ3v) is 5.69. The van der Waals surface area contributed by atoms with Crippen LogP contribution in [0.3, 0.4) is 0 Å². The first-order valence-corrected chi connectivity index (χ1v) is 11.3. The van der Waals surface area contributed by atoms with Crippen LogP contribution < -0.4 is 15.0 Å². The number of para-hydroxylation sites is 1. The summed E-state index contributed by atoms with van der Waals surface area (Å²) in [6.07, 6.45) is 1.84. The number of hydrogen-bond acceptors (Lipinski definition) is 4. The lowest BCUT2D eigenvalue weighted by Gasteiger charge is -2.17. The highest BCUT2D eigenvalue weighted by molar-refractivity contribution is 6.46. The molecule has 1 aliphatic rings. The topological polar surface area (TPSA) is 58.6 Å². The minimum atomic E-state index is -0.366. The molecular formula is C28H28N2O3. The van der Waals surface area contributed by atoms with Crippen LogP contribution in [0.25, 0.3) is 5.57 Å². The maximum absolute atomic E-state index is 13.6. The van der Waals surface area contributed by atoms with E-state index in [1.807, 2.05) is 80.6 Å². The van der Waals surface area contributed by atoms with Crippen molar-refractivity contribution in [3.8, 4) is 5.75 Å². The molecule has 0 fully saturated rings. The number of nitrogens with zero attached hydrogens (tertiary/aromatic N) is 1. The molecule has 0 spiro atoms. The van der Waals surface area contributed by atoms with E-state index in [4.69, 9.17) is 4.74 Å². The summed E-state index contributed by atoms with van der Waals surface area (Å²) in [4.78, 5) is 28.4. The molecule has 5 nitrogen and oxygen atoms in total. The third kappa shape index (κ3) is 4.53. The molecule has 0 aromatic heterocycles. The summed E-state index contributed by atoms with van der Waals surface area (Å²) < 4.78 is 5.68. The van der Waals surface area contributed by atoms with Crippen LogP contribution in [0.5, 0.6) is 5.75 Å². The second kappa shape index (κ2) is 9.74. The average Bonchev–Trinajstić information content (AvgIpc) is 3.08. The third-order valence-electron chi connectivity index (χ3n) is 5.69. The van der Waals surface area contributed by atoms with Crippen LogP contribution in [-0.4, -0.2) is 18.4 Å². The molecule has 3 aromatic rings. The maximum atomic E-state index is 13.6. The van der Waals surface area contributed by atoms with E-state index in [9.17, 15) is 9.59 Å². The number of carbonyl (C=O) groups is 2. The average molecular weight is 441 g/mol. The molecule has 0 saturated carbocycles. The highest BCUT2D eigenvalue weighted by atomic mass is 16.5. The van der Waals surface area contributed by atoms with Gasteiger partial charge in [0.15, 0.2) is 0 Å². The van der Waals surface area contributed by atoms with Gasteiger partial charge in [0.05, 0.1) is 17.9 Å². The molecule has 1 heterocycles. The molecule has 168 valence electrons. The molecule has 5 heteroatoms. The molecule has 0 radical (unpaired) electrons.